The fourth-order valence-electron chi connectivity index (χ4n) is 2.41. The molecule has 3 nitrogen and oxygen atoms in total. The van der Waals surface area contributed by atoms with E-state index in [1.54, 1.807) is 6.20 Å². The van der Waals surface area contributed by atoms with E-state index in [9.17, 15) is 4.39 Å². The molecule has 2 rings (SSSR count). The summed E-state index contributed by atoms with van der Waals surface area (Å²) in [5, 5.41) is 8.49. The summed E-state index contributed by atoms with van der Waals surface area (Å²) in [6.45, 7) is 5.84. The first kappa shape index (κ1) is 16.0. The largest absolute Gasteiger partial charge is 0.308 e. The summed E-state index contributed by atoms with van der Waals surface area (Å²) in [4.78, 5) is 0. The molecule has 5 heteroatoms. The molecule has 1 unspecified atom stereocenters. The molecule has 0 aliphatic carbocycles. The van der Waals surface area contributed by atoms with Crippen molar-refractivity contribution < 1.29 is 4.39 Å². The maximum absolute atomic E-state index is 13.0. The average molecular weight is 310 g/mol. The Kier molecular flexibility index (Phi) is 5.76. The molecule has 0 saturated carbocycles. The van der Waals surface area contributed by atoms with E-state index in [2.05, 4.69) is 17.3 Å². The topological polar surface area (TPSA) is 29.9 Å². The molecule has 114 valence electrons. The smallest absolute Gasteiger partial charge is 0.123 e. The van der Waals surface area contributed by atoms with Crippen molar-refractivity contribution >= 4 is 11.6 Å². The number of aryl methyl sites for hydroxylation is 1. The summed E-state index contributed by atoms with van der Waals surface area (Å²) in [7, 11) is 0. The zero-order valence-electron chi connectivity index (χ0n) is 12.4. The second-order valence-corrected chi connectivity index (χ2v) is 5.44. The third-order valence-corrected chi connectivity index (χ3v) is 3.75. The van der Waals surface area contributed by atoms with Crippen LogP contribution in [0.5, 0.6) is 0 Å². The lowest BCUT2D eigenvalue weighted by Gasteiger charge is -2.20. The molecule has 0 bridgehead atoms. The molecular formula is C16H21ClFN3. The van der Waals surface area contributed by atoms with Crippen molar-refractivity contribution in [2.24, 2.45) is 0 Å². The molecule has 1 atom stereocenters. The van der Waals surface area contributed by atoms with Crippen LogP contribution >= 0.6 is 11.6 Å². The molecule has 0 spiro atoms. The van der Waals surface area contributed by atoms with Gasteiger partial charge in [-0.25, -0.2) is 4.39 Å². The number of aromatic nitrogens is 2. The van der Waals surface area contributed by atoms with Crippen LogP contribution < -0.4 is 5.32 Å². The van der Waals surface area contributed by atoms with E-state index < -0.39 is 0 Å². The van der Waals surface area contributed by atoms with Gasteiger partial charge in [-0.05, 0) is 44.0 Å². The highest BCUT2D eigenvalue weighted by atomic mass is 35.5. The van der Waals surface area contributed by atoms with Gasteiger partial charge in [0.1, 0.15) is 5.82 Å². The first-order valence-corrected chi connectivity index (χ1v) is 7.72. The minimum atomic E-state index is -0.214. The quantitative estimate of drug-likeness (QED) is 0.838. The normalized spacial score (nSPS) is 12.6. The zero-order chi connectivity index (χ0) is 15.2. The Morgan fingerprint density at radius 3 is 2.62 bits per heavy atom. The monoisotopic (exact) mass is 309 g/mol. The van der Waals surface area contributed by atoms with Crippen molar-refractivity contribution in [1.29, 1.82) is 0 Å². The average Bonchev–Trinajstić information content (AvgIpc) is 2.86. The predicted molar refractivity (Wildman–Crippen MR) is 84.0 cm³/mol. The van der Waals surface area contributed by atoms with Gasteiger partial charge in [-0.1, -0.05) is 30.7 Å². The minimum absolute atomic E-state index is 0.0744. The molecule has 0 fully saturated rings. The van der Waals surface area contributed by atoms with Gasteiger partial charge >= 0.3 is 0 Å². The highest BCUT2D eigenvalue weighted by Crippen LogP contribution is 2.26. The Balaban J connectivity index is 2.25. The molecule has 0 aliphatic heterocycles. The van der Waals surface area contributed by atoms with E-state index >= 15 is 0 Å². The van der Waals surface area contributed by atoms with Crippen LogP contribution in [0.3, 0.4) is 0 Å². The maximum atomic E-state index is 13.0. The molecule has 1 N–H and O–H groups in total. The molecule has 0 saturated heterocycles. The van der Waals surface area contributed by atoms with E-state index in [4.69, 9.17) is 11.6 Å². The van der Waals surface area contributed by atoms with Crippen molar-refractivity contribution in [2.75, 3.05) is 6.54 Å². The van der Waals surface area contributed by atoms with Crippen molar-refractivity contribution in [3.63, 3.8) is 0 Å². The van der Waals surface area contributed by atoms with Crippen molar-refractivity contribution in [3.8, 4) is 0 Å². The second kappa shape index (κ2) is 7.57. The summed E-state index contributed by atoms with van der Waals surface area (Å²) < 4.78 is 14.9. The summed E-state index contributed by atoms with van der Waals surface area (Å²) >= 11 is 6.31. The third-order valence-electron chi connectivity index (χ3n) is 3.46. The molecule has 1 aromatic carbocycles. The zero-order valence-corrected chi connectivity index (χ0v) is 13.2. The maximum Gasteiger partial charge on any atom is 0.123 e. The van der Waals surface area contributed by atoms with E-state index in [-0.39, 0.29) is 11.9 Å². The molecule has 1 aromatic heterocycles. The van der Waals surface area contributed by atoms with Gasteiger partial charge in [0.15, 0.2) is 0 Å². The number of nitrogens with one attached hydrogen (secondary N) is 1. The van der Waals surface area contributed by atoms with E-state index in [1.807, 2.05) is 23.7 Å². The molecule has 0 radical (unpaired) electrons. The number of hydrogen-bond acceptors (Lipinski definition) is 2. The Morgan fingerprint density at radius 2 is 2.00 bits per heavy atom. The van der Waals surface area contributed by atoms with Gasteiger partial charge in [0, 0.05) is 6.54 Å². The Bertz CT molecular complexity index is 565. The van der Waals surface area contributed by atoms with Gasteiger partial charge < -0.3 is 5.32 Å². The first-order chi connectivity index (χ1) is 10.2. The highest BCUT2D eigenvalue weighted by Gasteiger charge is 2.19. The van der Waals surface area contributed by atoms with Crippen molar-refractivity contribution in [1.82, 2.24) is 15.1 Å². The van der Waals surface area contributed by atoms with E-state index in [0.29, 0.717) is 5.02 Å². The van der Waals surface area contributed by atoms with Crippen LogP contribution in [0.4, 0.5) is 4.39 Å². The Labute approximate surface area is 130 Å². The van der Waals surface area contributed by atoms with Gasteiger partial charge in [-0.15, -0.1) is 0 Å². The number of nitrogens with zero attached hydrogens (tertiary/aromatic N) is 2. The lowest BCUT2D eigenvalue weighted by molar-refractivity contribution is 0.478. The van der Waals surface area contributed by atoms with Crippen LogP contribution in [0.25, 0.3) is 0 Å². The Hall–Kier alpha value is -1.39. The van der Waals surface area contributed by atoms with Crippen LogP contribution in [-0.2, 0) is 13.0 Å². The molecular weight excluding hydrogens is 289 g/mol. The fraction of sp³-hybridized carbons (Fsp3) is 0.438. The van der Waals surface area contributed by atoms with Crippen molar-refractivity contribution in [3.05, 3.63) is 52.6 Å². The molecule has 1 heterocycles. The van der Waals surface area contributed by atoms with Crippen molar-refractivity contribution in [2.45, 2.75) is 39.3 Å². The lowest BCUT2D eigenvalue weighted by Crippen LogP contribution is -2.27. The van der Waals surface area contributed by atoms with E-state index in [1.165, 1.54) is 12.1 Å². The predicted octanol–water partition coefficient (Wildman–Crippen LogP) is 3.98. The second-order valence-electron chi connectivity index (χ2n) is 5.03. The Morgan fingerprint density at radius 1 is 1.29 bits per heavy atom. The first-order valence-electron chi connectivity index (χ1n) is 7.34. The highest BCUT2D eigenvalue weighted by molar-refractivity contribution is 6.31. The standard InChI is InChI=1S/C16H21ClFN3/c1-3-9-19-15(10-12-5-7-13(18)8-6-12)16-14(17)11-20-21(16)4-2/h5-8,11,15,19H,3-4,9-10H2,1-2H3. The van der Waals surface area contributed by atoms with E-state index in [0.717, 1.165) is 37.2 Å². The minimum Gasteiger partial charge on any atom is -0.308 e. The number of benzene rings is 1. The van der Waals surface area contributed by atoms with Gasteiger partial charge in [-0.2, -0.15) is 5.10 Å². The molecule has 21 heavy (non-hydrogen) atoms. The number of hydrogen-bond donors (Lipinski definition) is 1. The fourth-order valence-corrected chi connectivity index (χ4v) is 2.68. The van der Waals surface area contributed by atoms with Crippen LogP contribution in [0.2, 0.25) is 5.02 Å². The van der Waals surface area contributed by atoms with Gasteiger partial charge in [-0.3, -0.25) is 4.68 Å². The summed E-state index contributed by atoms with van der Waals surface area (Å²) in [6, 6.07) is 6.69. The van der Waals surface area contributed by atoms with Gasteiger partial charge in [0.05, 0.1) is 23.0 Å². The van der Waals surface area contributed by atoms with Crippen LogP contribution in [0.1, 0.15) is 37.6 Å². The summed E-state index contributed by atoms with van der Waals surface area (Å²) in [5.74, 6) is -0.214. The van der Waals surface area contributed by atoms with Crippen LogP contribution in [-0.4, -0.2) is 16.3 Å². The molecule has 0 aliphatic rings. The summed E-state index contributed by atoms with van der Waals surface area (Å²) in [5.41, 5.74) is 2.07. The molecule has 0 amide bonds. The van der Waals surface area contributed by atoms with Gasteiger partial charge in [0.2, 0.25) is 0 Å². The summed E-state index contributed by atoms with van der Waals surface area (Å²) in [6.07, 6.45) is 3.48. The van der Waals surface area contributed by atoms with Gasteiger partial charge in [0.25, 0.3) is 0 Å². The number of halogens is 2. The van der Waals surface area contributed by atoms with Crippen LogP contribution in [0, 0.1) is 5.82 Å². The molecule has 2 aromatic rings. The van der Waals surface area contributed by atoms with Crippen LogP contribution in [0.15, 0.2) is 30.5 Å². The number of rotatable bonds is 7. The lowest BCUT2D eigenvalue weighted by atomic mass is 10.0. The third kappa shape index (κ3) is 4.05. The SMILES string of the molecule is CCCNC(Cc1ccc(F)cc1)c1c(Cl)cnn1CC.